The van der Waals surface area contributed by atoms with Crippen LogP contribution in [0.2, 0.25) is 0 Å². The third-order valence-corrected chi connectivity index (χ3v) is 4.49. The lowest BCUT2D eigenvalue weighted by atomic mass is 9.96. The number of carbonyl (C=O) groups excluding carboxylic acids is 1. The summed E-state index contributed by atoms with van der Waals surface area (Å²) in [6.07, 6.45) is 1.75. The molecule has 0 saturated carbocycles. The Labute approximate surface area is 109 Å². The van der Waals surface area contributed by atoms with Crippen molar-refractivity contribution in [2.24, 2.45) is 5.92 Å². The molecule has 1 rings (SSSR count). The van der Waals surface area contributed by atoms with Crippen LogP contribution in [-0.2, 0) is 14.8 Å². The van der Waals surface area contributed by atoms with Gasteiger partial charge in [0.25, 0.3) is 0 Å². The summed E-state index contributed by atoms with van der Waals surface area (Å²) in [4.78, 5) is 13.6. The van der Waals surface area contributed by atoms with Gasteiger partial charge in [-0.05, 0) is 19.8 Å². The largest absolute Gasteiger partial charge is 0.392 e. The number of aliphatic hydroxyl groups excluding tert-OH is 1. The summed E-state index contributed by atoms with van der Waals surface area (Å²) >= 11 is 0. The minimum Gasteiger partial charge on any atom is -0.392 e. The first kappa shape index (κ1) is 15.4. The third kappa shape index (κ3) is 4.22. The molecule has 1 unspecified atom stereocenters. The molecule has 18 heavy (non-hydrogen) atoms. The molecule has 1 aliphatic rings. The lowest BCUT2D eigenvalue weighted by molar-refractivity contribution is -0.136. The maximum absolute atomic E-state index is 12.0. The Morgan fingerprint density at radius 1 is 1.44 bits per heavy atom. The monoisotopic (exact) mass is 278 g/mol. The SMILES string of the molecule is CC(O)CN(C)C(=O)C1CCN(S(C)(=O)=O)CC1. The second kappa shape index (κ2) is 5.99. The summed E-state index contributed by atoms with van der Waals surface area (Å²) in [5.41, 5.74) is 0. The van der Waals surface area contributed by atoms with Gasteiger partial charge in [-0.25, -0.2) is 12.7 Å². The van der Waals surface area contributed by atoms with Gasteiger partial charge in [-0.2, -0.15) is 0 Å². The Bertz CT molecular complexity index is 386. The van der Waals surface area contributed by atoms with E-state index in [9.17, 15) is 18.3 Å². The Kier molecular flexibility index (Phi) is 5.12. The van der Waals surface area contributed by atoms with Gasteiger partial charge in [0, 0.05) is 32.6 Å². The van der Waals surface area contributed by atoms with E-state index in [0.717, 1.165) is 0 Å². The summed E-state index contributed by atoms with van der Waals surface area (Å²) in [5, 5.41) is 9.24. The van der Waals surface area contributed by atoms with Crippen molar-refractivity contribution < 1.29 is 18.3 Å². The first-order valence-electron chi connectivity index (χ1n) is 6.10. The van der Waals surface area contributed by atoms with Crippen LogP contribution in [0.15, 0.2) is 0 Å². The zero-order chi connectivity index (χ0) is 13.9. The van der Waals surface area contributed by atoms with E-state index in [4.69, 9.17) is 0 Å². The standard InChI is InChI=1S/C11H22N2O4S/c1-9(14)8-12(2)11(15)10-4-6-13(7-5-10)18(3,16)17/h9-10,14H,4-8H2,1-3H3. The summed E-state index contributed by atoms with van der Waals surface area (Å²) in [6, 6.07) is 0. The van der Waals surface area contributed by atoms with Gasteiger partial charge < -0.3 is 10.0 Å². The summed E-state index contributed by atoms with van der Waals surface area (Å²) in [5.74, 6) is -0.143. The second-order valence-electron chi connectivity index (χ2n) is 5.00. The molecule has 1 fully saturated rings. The number of sulfonamides is 1. The molecule has 1 N–H and O–H groups in total. The fraction of sp³-hybridized carbons (Fsp3) is 0.909. The number of carbonyl (C=O) groups is 1. The van der Waals surface area contributed by atoms with Crippen molar-refractivity contribution in [3.8, 4) is 0 Å². The molecule has 7 heteroatoms. The smallest absolute Gasteiger partial charge is 0.225 e. The number of piperidine rings is 1. The highest BCUT2D eigenvalue weighted by atomic mass is 32.2. The molecule has 1 heterocycles. The van der Waals surface area contributed by atoms with Crippen molar-refractivity contribution in [3.05, 3.63) is 0 Å². The van der Waals surface area contributed by atoms with Crippen molar-refractivity contribution in [2.75, 3.05) is 32.9 Å². The quantitative estimate of drug-likeness (QED) is 0.752. The van der Waals surface area contributed by atoms with Gasteiger partial charge in [0.15, 0.2) is 0 Å². The lowest BCUT2D eigenvalue weighted by Crippen LogP contribution is -2.44. The van der Waals surface area contributed by atoms with Gasteiger partial charge in [0.05, 0.1) is 12.4 Å². The molecule has 0 aromatic heterocycles. The van der Waals surface area contributed by atoms with E-state index in [1.807, 2.05) is 0 Å². The average Bonchev–Trinajstić information content (AvgIpc) is 2.26. The van der Waals surface area contributed by atoms with E-state index >= 15 is 0 Å². The average molecular weight is 278 g/mol. The molecular formula is C11H22N2O4S. The highest BCUT2D eigenvalue weighted by Crippen LogP contribution is 2.20. The van der Waals surface area contributed by atoms with Crippen molar-refractivity contribution >= 4 is 15.9 Å². The van der Waals surface area contributed by atoms with E-state index in [1.54, 1.807) is 14.0 Å². The number of rotatable bonds is 4. The molecule has 0 bridgehead atoms. The Morgan fingerprint density at radius 2 is 1.94 bits per heavy atom. The van der Waals surface area contributed by atoms with E-state index < -0.39 is 16.1 Å². The fourth-order valence-electron chi connectivity index (χ4n) is 2.23. The van der Waals surface area contributed by atoms with Crippen LogP contribution in [0.5, 0.6) is 0 Å². The first-order chi connectivity index (χ1) is 8.21. The number of hydrogen-bond acceptors (Lipinski definition) is 4. The van der Waals surface area contributed by atoms with Crippen molar-refractivity contribution in [1.82, 2.24) is 9.21 Å². The molecular weight excluding hydrogens is 256 g/mol. The van der Waals surface area contributed by atoms with Crippen molar-refractivity contribution in [3.63, 3.8) is 0 Å². The molecule has 0 aromatic carbocycles. The summed E-state index contributed by atoms with van der Waals surface area (Å²) in [6.45, 7) is 2.75. The molecule has 0 spiro atoms. The Morgan fingerprint density at radius 3 is 2.33 bits per heavy atom. The highest BCUT2D eigenvalue weighted by molar-refractivity contribution is 7.88. The molecule has 1 atom stereocenters. The normalized spacial score (nSPS) is 20.7. The van der Waals surface area contributed by atoms with Gasteiger partial charge >= 0.3 is 0 Å². The third-order valence-electron chi connectivity index (χ3n) is 3.19. The minimum atomic E-state index is -3.15. The first-order valence-corrected chi connectivity index (χ1v) is 7.95. The van der Waals surface area contributed by atoms with Gasteiger partial charge in [-0.15, -0.1) is 0 Å². The van der Waals surface area contributed by atoms with E-state index in [0.29, 0.717) is 32.5 Å². The topological polar surface area (TPSA) is 77.9 Å². The van der Waals surface area contributed by atoms with Crippen LogP contribution in [0, 0.1) is 5.92 Å². The maximum Gasteiger partial charge on any atom is 0.225 e. The second-order valence-corrected chi connectivity index (χ2v) is 6.99. The Balaban J connectivity index is 2.50. The van der Waals surface area contributed by atoms with Crippen LogP contribution >= 0.6 is 0 Å². The zero-order valence-corrected chi connectivity index (χ0v) is 12.0. The van der Waals surface area contributed by atoms with Gasteiger partial charge in [0.2, 0.25) is 15.9 Å². The number of aliphatic hydroxyl groups is 1. The molecule has 0 aliphatic carbocycles. The molecule has 1 saturated heterocycles. The lowest BCUT2D eigenvalue weighted by Gasteiger charge is -2.32. The summed E-state index contributed by atoms with van der Waals surface area (Å²) < 4.78 is 24.1. The van der Waals surface area contributed by atoms with E-state index in [2.05, 4.69) is 0 Å². The molecule has 6 nitrogen and oxygen atoms in total. The predicted molar refractivity (Wildman–Crippen MR) is 68.5 cm³/mol. The van der Waals surface area contributed by atoms with Crippen LogP contribution in [0.25, 0.3) is 0 Å². The van der Waals surface area contributed by atoms with Crippen molar-refractivity contribution in [1.29, 1.82) is 0 Å². The fourth-order valence-corrected chi connectivity index (χ4v) is 3.11. The summed E-state index contributed by atoms with van der Waals surface area (Å²) in [7, 11) is -1.48. The Hall–Kier alpha value is -0.660. The highest BCUT2D eigenvalue weighted by Gasteiger charge is 2.30. The minimum absolute atomic E-state index is 0.0101. The van der Waals surface area contributed by atoms with Gasteiger partial charge in [0.1, 0.15) is 0 Å². The molecule has 106 valence electrons. The van der Waals surface area contributed by atoms with Gasteiger partial charge in [-0.3, -0.25) is 4.79 Å². The number of likely N-dealkylation sites (N-methyl/N-ethyl adjacent to an activating group) is 1. The van der Waals surface area contributed by atoms with Gasteiger partial charge in [-0.1, -0.05) is 0 Å². The number of amides is 1. The molecule has 1 aliphatic heterocycles. The zero-order valence-electron chi connectivity index (χ0n) is 11.2. The predicted octanol–water partition coefficient (Wildman–Crippen LogP) is -0.503. The van der Waals surface area contributed by atoms with Crippen LogP contribution in [-0.4, -0.2) is 67.7 Å². The van der Waals surface area contributed by atoms with Crippen LogP contribution in [0.4, 0.5) is 0 Å². The van der Waals surface area contributed by atoms with Crippen molar-refractivity contribution in [2.45, 2.75) is 25.9 Å². The van der Waals surface area contributed by atoms with Crippen LogP contribution in [0.1, 0.15) is 19.8 Å². The maximum atomic E-state index is 12.0. The van der Waals surface area contributed by atoms with Crippen LogP contribution in [0.3, 0.4) is 0 Å². The molecule has 1 amide bonds. The van der Waals surface area contributed by atoms with Crippen LogP contribution < -0.4 is 0 Å². The number of hydrogen-bond donors (Lipinski definition) is 1. The van der Waals surface area contributed by atoms with E-state index in [1.165, 1.54) is 15.5 Å². The number of nitrogens with zero attached hydrogens (tertiary/aromatic N) is 2. The van der Waals surface area contributed by atoms with E-state index in [-0.39, 0.29) is 11.8 Å². The molecule has 0 radical (unpaired) electrons. The molecule has 0 aromatic rings.